The molecule has 0 aliphatic heterocycles. The number of carbonyl (C=O) groups is 1. The quantitative estimate of drug-likeness (QED) is 0.503. The van der Waals surface area contributed by atoms with Crippen LogP contribution < -0.4 is 0 Å². The Morgan fingerprint density at radius 3 is 2.33 bits per heavy atom. The predicted molar refractivity (Wildman–Crippen MR) is 48.1 cm³/mol. The minimum atomic E-state index is -4.10. The summed E-state index contributed by atoms with van der Waals surface area (Å²) in [5.41, 5.74) is 0.752. The van der Waals surface area contributed by atoms with Crippen LogP contribution in [0.1, 0.15) is 25.7 Å². The van der Waals surface area contributed by atoms with Gasteiger partial charge in [0.05, 0.1) is 13.0 Å². The normalized spacial score (nSPS) is 22.4. The summed E-state index contributed by atoms with van der Waals surface area (Å²) < 4.78 is 41.3. The number of methoxy groups -OCH3 is 1. The third kappa shape index (κ3) is 3.57. The van der Waals surface area contributed by atoms with Gasteiger partial charge < -0.3 is 4.74 Å². The van der Waals surface area contributed by atoms with Crippen molar-refractivity contribution in [2.24, 2.45) is 5.92 Å². The molecular weight excluding hydrogens is 209 g/mol. The zero-order valence-electron chi connectivity index (χ0n) is 8.43. The summed E-state index contributed by atoms with van der Waals surface area (Å²) in [5, 5.41) is 0. The average molecular weight is 222 g/mol. The Kier molecular flexibility index (Phi) is 3.77. The molecule has 1 fully saturated rings. The van der Waals surface area contributed by atoms with E-state index in [0.29, 0.717) is 12.8 Å². The molecule has 0 aromatic carbocycles. The van der Waals surface area contributed by atoms with Gasteiger partial charge in [0, 0.05) is 6.08 Å². The van der Waals surface area contributed by atoms with Crippen molar-refractivity contribution in [1.29, 1.82) is 0 Å². The zero-order chi connectivity index (χ0) is 11.5. The van der Waals surface area contributed by atoms with Crippen LogP contribution in [0.4, 0.5) is 13.2 Å². The Balaban J connectivity index is 2.49. The number of halogens is 3. The molecule has 1 rings (SSSR count). The molecule has 1 aliphatic rings. The molecule has 0 bridgehead atoms. The summed E-state index contributed by atoms with van der Waals surface area (Å²) in [6.07, 6.45) is -1.99. The summed E-state index contributed by atoms with van der Waals surface area (Å²) in [4.78, 5) is 10.8. The van der Waals surface area contributed by atoms with E-state index in [9.17, 15) is 18.0 Å². The van der Waals surface area contributed by atoms with Crippen molar-refractivity contribution in [1.82, 2.24) is 0 Å². The van der Waals surface area contributed by atoms with E-state index in [1.165, 1.54) is 13.2 Å². The van der Waals surface area contributed by atoms with Gasteiger partial charge in [-0.3, -0.25) is 0 Å². The first kappa shape index (κ1) is 12.1. The second-order valence-corrected chi connectivity index (χ2v) is 3.64. The highest BCUT2D eigenvalue weighted by Gasteiger charge is 2.40. The fourth-order valence-electron chi connectivity index (χ4n) is 1.69. The second kappa shape index (κ2) is 4.68. The van der Waals surface area contributed by atoms with E-state index < -0.39 is 18.1 Å². The fourth-order valence-corrected chi connectivity index (χ4v) is 1.69. The number of hydrogen-bond acceptors (Lipinski definition) is 2. The lowest BCUT2D eigenvalue weighted by Gasteiger charge is -2.25. The van der Waals surface area contributed by atoms with Crippen LogP contribution in [-0.4, -0.2) is 19.3 Å². The van der Waals surface area contributed by atoms with Gasteiger partial charge in [0.2, 0.25) is 0 Å². The van der Waals surface area contributed by atoms with Crippen LogP contribution in [-0.2, 0) is 9.53 Å². The first-order chi connectivity index (χ1) is 6.93. The molecule has 15 heavy (non-hydrogen) atoms. The van der Waals surface area contributed by atoms with Crippen LogP contribution in [0.3, 0.4) is 0 Å². The van der Waals surface area contributed by atoms with E-state index in [-0.39, 0.29) is 12.8 Å². The highest BCUT2D eigenvalue weighted by molar-refractivity contribution is 5.82. The molecular formula is C10H13F3O2. The summed E-state index contributed by atoms with van der Waals surface area (Å²) >= 11 is 0. The molecule has 0 atom stereocenters. The van der Waals surface area contributed by atoms with E-state index >= 15 is 0 Å². The number of carbonyl (C=O) groups excluding carboxylic acids is 1. The number of rotatable bonds is 1. The van der Waals surface area contributed by atoms with Gasteiger partial charge in [-0.25, -0.2) is 4.79 Å². The van der Waals surface area contributed by atoms with Crippen LogP contribution in [0.5, 0.6) is 0 Å². The average Bonchev–Trinajstić information content (AvgIpc) is 2.17. The lowest BCUT2D eigenvalue weighted by molar-refractivity contribution is -0.179. The molecule has 0 amide bonds. The van der Waals surface area contributed by atoms with Crippen molar-refractivity contribution < 1.29 is 22.7 Å². The summed E-state index contributed by atoms with van der Waals surface area (Å²) in [7, 11) is 1.25. The Hall–Kier alpha value is -1.00. The van der Waals surface area contributed by atoms with Crippen molar-refractivity contribution in [2.75, 3.05) is 7.11 Å². The maximum absolute atomic E-state index is 12.3. The molecule has 0 saturated heterocycles. The van der Waals surface area contributed by atoms with Gasteiger partial charge in [-0.05, 0) is 25.7 Å². The van der Waals surface area contributed by atoms with Gasteiger partial charge in [0.25, 0.3) is 0 Å². The Morgan fingerprint density at radius 2 is 1.93 bits per heavy atom. The molecule has 0 unspecified atom stereocenters. The van der Waals surface area contributed by atoms with Crippen LogP contribution >= 0.6 is 0 Å². The van der Waals surface area contributed by atoms with E-state index in [1.807, 2.05) is 0 Å². The molecule has 2 nitrogen and oxygen atoms in total. The number of allylic oxidation sites excluding steroid dienone is 1. The monoisotopic (exact) mass is 222 g/mol. The van der Waals surface area contributed by atoms with Crippen molar-refractivity contribution in [3.8, 4) is 0 Å². The van der Waals surface area contributed by atoms with Gasteiger partial charge in [-0.1, -0.05) is 5.57 Å². The van der Waals surface area contributed by atoms with Gasteiger partial charge >= 0.3 is 12.1 Å². The summed E-state index contributed by atoms with van der Waals surface area (Å²) in [6, 6.07) is 0. The molecule has 0 spiro atoms. The van der Waals surface area contributed by atoms with Crippen LogP contribution in [0.25, 0.3) is 0 Å². The number of alkyl halides is 3. The smallest absolute Gasteiger partial charge is 0.391 e. The van der Waals surface area contributed by atoms with Gasteiger partial charge in [0.1, 0.15) is 0 Å². The molecule has 5 heteroatoms. The largest absolute Gasteiger partial charge is 0.466 e. The first-order valence-electron chi connectivity index (χ1n) is 4.77. The number of esters is 1. The number of hydrogen-bond donors (Lipinski definition) is 0. The van der Waals surface area contributed by atoms with Gasteiger partial charge in [-0.2, -0.15) is 13.2 Å². The molecule has 0 aromatic rings. The van der Waals surface area contributed by atoms with E-state index in [2.05, 4.69) is 4.74 Å². The van der Waals surface area contributed by atoms with Crippen LogP contribution in [0.15, 0.2) is 11.6 Å². The Morgan fingerprint density at radius 1 is 1.40 bits per heavy atom. The summed E-state index contributed by atoms with van der Waals surface area (Å²) in [5.74, 6) is -1.71. The number of ether oxygens (including phenoxy) is 1. The molecule has 0 aromatic heterocycles. The lowest BCUT2D eigenvalue weighted by Crippen LogP contribution is -2.25. The maximum Gasteiger partial charge on any atom is 0.391 e. The third-order valence-corrected chi connectivity index (χ3v) is 2.61. The van der Waals surface area contributed by atoms with Gasteiger partial charge in [0.15, 0.2) is 0 Å². The SMILES string of the molecule is COC(=O)C=C1CCC(C(F)(F)F)CC1. The zero-order valence-corrected chi connectivity index (χ0v) is 8.43. The van der Waals surface area contributed by atoms with Crippen molar-refractivity contribution >= 4 is 5.97 Å². The van der Waals surface area contributed by atoms with Crippen molar-refractivity contribution in [3.05, 3.63) is 11.6 Å². The minimum Gasteiger partial charge on any atom is -0.466 e. The second-order valence-electron chi connectivity index (χ2n) is 3.64. The third-order valence-electron chi connectivity index (χ3n) is 2.61. The van der Waals surface area contributed by atoms with Crippen LogP contribution in [0, 0.1) is 5.92 Å². The first-order valence-corrected chi connectivity index (χ1v) is 4.77. The van der Waals surface area contributed by atoms with Crippen LogP contribution in [0.2, 0.25) is 0 Å². The molecule has 0 radical (unpaired) electrons. The molecule has 0 N–H and O–H groups in total. The van der Waals surface area contributed by atoms with E-state index in [0.717, 1.165) is 5.57 Å². The van der Waals surface area contributed by atoms with E-state index in [1.54, 1.807) is 0 Å². The van der Waals surface area contributed by atoms with Gasteiger partial charge in [-0.15, -0.1) is 0 Å². The standard InChI is InChI=1S/C10H13F3O2/c1-15-9(14)6-7-2-4-8(5-3-7)10(11,12)13/h6,8H,2-5H2,1H3. The lowest BCUT2D eigenvalue weighted by atomic mass is 9.85. The van der Waals surface area contributed by atoms with Crippen molar-refractivity contribution in [3.63, 3.8) is 0 Å². The predicted octanol–water partition coefficient (Wildman–Crippen LogP) is 2.84. The fraction of sp³-hybridized carbons (Fsp3) is 0.700. The van der Waals surface area contributed by atoms with Crippen molar-refractivity contribution in [2.45, 2.75) is 31.9 Å². The topological polar surface area (TPSA) is 26.3 Å². The summed E-state index contributed by atoms with van der Waals surface area (Å²) in [6.45, 7) is 0. The molecule has 0 heterocycles. The Bertz CT molecular complexity index is 258. The molecule has 1 aliphatic carbocycles. The Labute approximate surface area is 86.1 Å². The van der Waals surface area contributed by atoms with E-state index in [4.69, 9.17) is 0 Å². The highest BCUT2D eigenvalue weighted by Crippen LogP contribution is 2.39. The maximum atomic E-state index is 12.3. The highest BCUT2D eigenvalue weighted by atomic mass is 19.4. The minimum absolute atomic E-state index is 0.0757. The molecule has 86 valence electrons. The molecule has 1 saturated carbocycles.